The van der Waals surface area contributed by atoms with Gasteiger partial charge in [-0.1, -0.05) is 18.2 Å². The average molecular weight is 297 g/mol. The van der Waals surface area contributed by atoms with Crippen LogP contribution >= 0.6 is 0 Å². The third-order valence-electron chi connectivity index (χ3n) is 3.03. The molecule has 0 bridgehead atoms. The smallest absolute Gasteiger partial charge is 0.349 e. The van der Waals surface area contributed by atoms with E-state index in [1.165, 1.54) is 7.11 Å². The molecule has 1 aliphatic heterocycles. The van der Waals surface area contributed by atoms with Crippen molar-refractivity contribution in [2.45, 2.75) is 37.7 Å². The molecule has 0 amide bonds. The Kier molecular flexibility index (Phi) is 4.27. The summed E-state index contributed by atoms with van der Waals surface area (Å²) in [5, 5.41) is 0. The largest absolute Gasteiger partial charge is 0.598 e. The van der Waals surface area contributed by atoms with Crippen LogP contribution in [-0.2, 0) is 20.9 Å². The first-order valence-electron chi connectivity index (χ1n) is 6.36. The van der Waals surface area contributed by atoms with Gasteiger partial charge in [-0.2, -0.15) is 0 Å². The third kappa shape index (κ3) is 2.92. The van der Waals surface area contributed by atoms with Crippen LogP contribution in [0.15, 0.2) is 24.3 Å². The molecule has 1 aliphatic rings. The van der Waals surface area contributed by atoms with Gasteiger partial charge in [-0.3, -0.25) is 0 Å². The second kappa shape index (κ2) is 5.63. The van der Waals surface area contributed by atoms with Crippen LogP contribution in [0.25, 0.3) is 0 Å². The highest BCUT2D eigenvalue weighted by molar-refractivity contribution is 7.90. The average Bonchev–Trinajstić information content (AvgIpc) is 2.76. The normalized spacial score (nSPS) is 22.9. The Hall–Kier alpha value is -1.24. The first-order chi connectivity index (χ1) is 9.34. The Morgan fingerprint density at radius 2 is 2.05 bits per heavy atom. The second-order valence-corrected chi connectivity index (χ2v) is 7.57. The molecule has 1 aromatic rings. The van der Waals surface area contributed by atoms with Crippen LogP contribution in [0.3, 0.4) is 0 Å². The summed E-state index contributed by atoms with van der Waals surface area (Å²) in [6.45, 7) is 5.60. The summed E-state index contributed by atoms with van der Waals surface area (Å²) in [7, 11) is 1.31. The summed E-state index contributed by atoms with van der Waals surface area (Å²) < 4.78 is 25.2. The van der Waals surface area contributed by atoms with Crippen LogP contribution in [0, 0.1) is 0 Å². The molecule has 5 nitrogen and oxygen atoms in total. The predicted molar refractivity (Wildman–Crippen MR) is 76.6 cm³/mol. The van der Waals surface area contributed by atoms with Gasteiger partial charge in [0.2, 0.25) is 6.10 Å². The quantitative estimate of drug-likeness (QED) is 0.679. The maximum absolute atomic E-state index is 12.3. The van der Waals surface area contributed by atoms with Crippen molar-refractivity contribution in [1.29, 1.82) is 0 Å². The van der Waals surface area contributed by atoms with E-state index in [9.17, 15) is 9.35 Å². The number of hydrogen-bond acceptors (Lipinski definition) is 5. The number of nitrogens with one attached hydrogen (secondary N) is 1. The van der Waals surface area contributed by atoms with Crippen LogP contribution in [-0.4, -0.2) is 28.5 Å². The van der Waals surface area contributed by atoms with Crippen molar-refractivity contribution in [3.63, 3.8) is 0 Å². The Balaban J connectivity index is 2.27. The van der Waals surface area contributed by atoms with Gasteiger partial charge in [0.05, 0.1) is 7.11 Å². The van der Waals surface area contributed by atoms with Crippen LogP contribution < -0.4 is 9.46 Å². The number of esters is 1. The number of carbonyl (C=O) groups is 1. The molecule has 0 unspecified atom stereocenters. The van der Waals surface area contributed by atoms with E-state index in [-0.39, 0.29) is 0 Å². The minimum Gasteiger partial charge on any atom is -0.598 e. The fourth-order valence-electron chi connectivity index (χ4n) is 1.93. The van der Waals surface area contributed by atoms with Crippen molar-refractivity contribution in [2.75, 3.05) is 7.11 Å². The highest BCUT2D eigenvalue weighted by Gasteiger charge is 2.44. The van der Waals surface area contributed by atoms with Crippen molar-refractivity contribution in [3.8, 4) is 5.75 Å². The number of benzene rings is 1. The van der Waals surface area contributed by atoms with E-state index >= 15 is 0 Å². The molecular weight excluding hydrogens is 278 g/mol. The molecule has 0 fully saturated rings. The Bertz CT molecular complexity index is 500. The van der Waals surface area contributed by atoms with Gasteiger partial charge in [0.15, 0.2) is 0 Å². The molecule has 0 aromatic heterocycles. The van der Waals surface area contributed by atoms with E-state index in [1.54, 1.807) is 6.07 Å². The molecule has 0 radical (unpaired) electrons. The zero-order chi connectivity index (χ0) is 14.9. The highest BCUT2D eigenvalue weighted by Crippen LogP contribution is 2.38. The summed E-state index contributed by atoms with van der Waals surface area (Å²) in [6.07, 6.45) is -0.816. The molecular formula is C14H19NO4S. The van der Waals surface area contributed by atoms with Crippen molar-refractivity contribution >= 4 is 17.3 Å². The highest BCUT2D eigenvalue weighted by atomic mass is 32.2. The molecule has 3 atom stereocenters. The molecule has 0 aliphatic carbocycles. The fourth-order valence-corrected chi connectivity index (χ4v) is 2.77. The first-order valence-corrected chi connectivity index (χ1v) is 7.51. The lowest BCUT2D eigenvalue weighted by Gasteiger charge is -2.27. The minimum atomic E-state index is -1.31. The molecule has 6 heteroatoms. The summed E-state index contributed by atoms with van der Waals surface area (Å²) in [6, 6.07) is 6.86. The number of hydrogen-bond donors (Lipinski definition) is 1. The minimum absolute atomic E-state index is 0.432. The van der Waals surface area contributed by atoms with Crippen molar-refractivity contribution in [1.82, 2.24) is 4.72 Å². The van der Waals surface area contributed by atoms with Crippen molar-refractivity contribution in [3.05, 3.63) is 29.8 Å². The zero-order valence-corrected chi connectivity index (χ0v) is 12.8. The summed E-state index contributed by atoms with van der Waals surface area (Å²) >= 11 is -1.31. The number of fused-ring (bicyclic) bond motifs is 1. The van der Waals surface area contributed by atoms with Gasteiger partial charge < -0.3 is 14.0 Å². The van der Waals surface area contributed by atoms with Crippen molar-refractivity contribution < 1.29 is 18.8 Å². The van der Waals surface area contributed by atoms with Gasteiger partial charge in [0.25, 0.3) is 0 Å². The van der Waals surface area contributed by atoms with Gasteiger partial charge in [0.1, 0.15) is 16.5 Å². The zero-order valence-electron chi connectivity index (χ0n) is 12.0. The molecule has 0 saturated carbocycles. The maximum atomic E-state index is 12.3. The van der Waals surface area contributed by atoms with E-state index in [4.69, 9.17) is 9.47 Å². The Morgan fingerprint density at radius 3 is 2.65 bits per heavy atom. The summed E-state index contributed by atoms with van der Waals surface area (Å²) in [4.78, 5) is 11.8. The maximum Gasteiger partial charge on any atom is 0.349 e. The van der Waals surface area contributed by atoms with E-state index in [0.29, 0.717) is 5.75 Å². The van der Waals surface area contributed by atoms with Crippen LogP contribution in [0.1, 0.15) is 32.4 Å². The van der Waals surface area contributed by atoms with Crippen molar-refractivity contribution in [2.24, 2.45) is 0 Å². The fraction of sp³-hybridized carbons (Fsp3) is 0.500. The molecule has 1 N–H and O–H groups in total. The molecule has 0 saturated heterocycles. The topological polar surface area (TPSA) is 70.6 Å². The molecule has 1 heterocycles. The molecule has 2 rings (SSSR count). The number of rotatable bonds is 3. The van der Waals surface area contributed by atoms with Gasteiger partial charge in [-0.05, 0) is 26.8 Å². The molecule has 1 aromatic carbocycles. The number of para-hydroxylation sites is 1. The number of methoxy groups -OCH3 is 1. The van der Waals surface area contributed by atoms with E-state index in [2.05, 4.69) is 4.72 Å². The predicted octanol–water partition coefficient (Wildman–Crippen LogP) is 1.71. The van der Waals surface area contributed by atoms with Gasteiger partial charge in [-0.15, -0.1) is 4.72 Å². The lowest BCUT2D eigenvalue weighted by atomic mass is 10.1. The standard InChI is InChI=1S/C14H19NO4S/c1-14(2,3)20(17)15-11-9-7-5-6-8-10(9)19-12(11)13(16)18-4/h5-8,11-12,15H,1-4H3/t11-,12+,20-/m0/s1. The van der Waals surface area contributed by atoms with Crippen LogP contribution in [0.4, 0.5) is 0 Å². The van der Waals surface area contributed by atoms with E-state index < -0.39 is 34.2 Å². The third-order valence-corrected chi connectivity index (χ3v) is 4.61. The number of carbonyl (C=O) groups excluding carboxylic acids is 1. The molecule has 20 heavy (non-hydrogen) atoms. The molecule has 110 valence electrons. The summed E-state index contributed by atoms with van der Waals surface area (Å²) in [5.74, 6) is 0.135. The van der Waals surface area contributed by atoms with E-state index in [1.807, 2.05) is 39.0 Å². The SMILES string of the molecule is COC(=O)[C@@H]1Oc2ccccc2[C@@H]1N[S@@+]([O-])C(C)(C)C. The van der Waals surface area contributed by atoms with Gasteiger partial charge >= 0.3 is 5.97 Å². The van der Waals surface area contributed by atoms with Crippen LogP contribution in [0.5, 0.6) is 5.75 Å². The Morgan fingerprint density at radius 1 is 1.40 bits per heavy atom. The number of ether oxygens (including phenoxy) is 2. The van der Waals surface area contributed by atoms with Crippen LogP contribution in [0.2, 0.25) is 0 Å². The second-order valence-electron chi connectivity index (χ2n) is 5.58. The van der Waals surface area contributed by atoms with Gasteiger partial charge in [-0.25, -0.2) is 4.79 Å². The molecule has 0 spiro atoms. The lowest BCUT2D eigenvalue weighted by Crippen LogP contribution is -2.46. The first kappa shape index (κ1) is 15.2. The van der Waals surface area contributed by atoms with Gasteiger partial charge in [0, 0.05) is 16.9 Å². The monoisotopic (exact) mass is 297 g/mol. The van der Waals surface area contributed by atoms with E-state index in [0.717, 1.165) is 5.56 Å². The Labute approximate surface area is 122 Å². The summed E-state index contributed by atoms with van der Waals surface area (Å²) in [5.41, 5.74) is 0.820. The lowest BCUT2D eigenvalue weighted by molar-refractivity contribution is -0.149.